The summed E-state index contributed by atoms with van der Waals surface area (Å²) in [5.74, 6) is 0.844. The van der Waals surface area contributed by atoms with Crippen LogP contribution in [0.15, 0.2) is 33.3 Å². The summed E-state index contributed by atoms with van der Waals surface area (Å²) in [6.45, 7) is 3.17. The van der Waals surface area contributed by atoms with E-state index in [1.807, 2.05) is 12.1 Å². The Balaban J connectivity index is 1.82. The maximum absolute atomic E-state index is 11.6. The van der Waals surface area contributed by atoms with E-state index in [2.05, 4.69) is 26.1 Å². The summed E-state index contributed by atoms with van der Waals surface area (Å²) in [6.07, 6.45) is -0.600. The monoisotopic (exact) mass is 340 g/mol. The minimum absolute atomic E-state index is 0.181. The van der Waals surface area contributed by atoms with Crippen LogP contribution in [0.4, 0.5) is 0 Å². The number of aromatic nitrogens is 2. The average molecular weight is 341 g/mol. The molecule has 7 heteroatoms. The van der Waals surface area contributed by atoms with Crippen molar-refractivity contribution in [2.24, 2.45) is 0 Å². The molecular formula is C13H13BrN2O4. The Hall–Kier alpha value is -1.89. The van der Waals surface area contributed by atoms with Gasteiger partial charge in [0.25, 0.3) is 5.89 Å². The van der Waals surface area contributed by atoms with Crippen LogP contribution >= 0.6 is 15.9 Å². The third-order valence-corrected chi connectivity index (χ3v) is 2.90. The Morgan fingerprint density at radius 3 is 2.70 bits per heavy atom. The lowest BCUT2D eigenvalue weighted by Gasteiger charge is -2.10. The molecule has 1 heterocycles. The second-order valence-corrected chi connectivity index (χ2v) is 4.97. The predicted octanol–water partition coefficient (Wildman–Crippen LogP) is 2.82. The topological polar surface area (TPSA) is 74.5 Å². The SMILES string of the molecule is Cc1noc(C(C)OC(=O)COc2ccc(Br)cc2)n1. The van der Waals surface area contributed by atoms with E-state index in [4.69, 9.17) is 14.0 Å². The molecule has 2 aromatic rings. The predicted molar refractivity (Wildman–Crippen MR) is 73.2 cm³/mol. The lowest BCUT2D eigenvalue weighted by Crippen LogP contribution is -2.17. The first kappa shape index (κ1) is 14.5. The Morgan fingerprint density at radius 1 is 1.40 bits per heavy atom. The second kappa shape index (κ2) is 6.51. The molecule has 0 N–H and O–H groups in total. The van der Waals surface area contributed by atoms with Crippen LogP contribution in [0, 0.1) is 6.92 Å². The zero-order valence-electron chi connectivity index (χ0n) is 11.0. The van der Waals surface area contributed by atoms with Gasteiger partial charge in [-0.25, -0.2) is 4.79 Å². The maximum atomic E-state index is 11.6. The van der Waals surface area contributed by atoms with Gasteiger partial charge in [-0.05, 0) is 38.1 Å². The van der Waals surface area contributed by atoms with Crippen LogP contribution in [-0.2, 0) is 9.53 Å². The van der Waals surface area contributed by atoms with Crippen molar-refractivity contribution >= 4 is 21.9 Å². The molecular weight excluding hydrogens is 328 g/mol. The van der Waals surface area contributed by atoms with Gasteiger partial charge in [0.2, 0.25) is 0 Å². The van der Waals surface area contributed by atoms with Crippen molar-refractivity contribution in [3.05, 3.63) is 40.5 Å². The number of carbonyl (C=O) groups is 1. The van der Waals surface area contributed by atoms with Crippen LogP contribution in [-0.4, -0.2) is 22.7 Å². The molecule has 2 rings (SSSR count). The van der Waals surface area contributed by atoms with Gasteiger partial charge in [-0.3, -0.25) is 0 Å². The van der Waals surface area contributed by atoms with E-state index in [0.29, 0.717) is 11.6 Å². The molecule has 1 aromatic carbocycles. The fourth-order valence-corrected chi connectivity index (χ4v) is 1.70. The molecule has 0 spiro atoms. The van der Waals surface area contributed by atoms with Crippen LogP contribution in [0.5, 0.6) is 5.75 Å². The number of halogens is 1. The first-order valence-corrected chi connectivity index (χ1v) is 6.72. The fourth-order valence-electron chi connectivity index (χ4n) is 1.43. The first-order chi connectivity index (χ1) is 9.54. The summed E-state index contributed by atoms with van der Waals surface area (Å²) in [7, 11) is 0. The molecule has 1 unspecified atom stereocenters. The lowest BCUT2D eigenvalue weighted by atomic mass is 10.3. The summed E-state index contributed by atoms with van der Waals surface area (Å²) in [5.41, 5.74) is 0. The quantitative estimate of drug-likeness (QED) is 0.779. The summed E-state index contributed by atoms with van der Waals surface area (Å²) < 4.78 is 16.3. The van der Waals surface area contributed by atoms with Gasteiger partial charge in [-0.2, -0.15) is 4.98 Å². The van der Waals surface area contributed by atoms with Crippen molar-refractivity contribution < 1.29 is 18.8 Å². The maximum Gasteiger partial charge on any atom is 0.344 e. The number of esters is 1. The second-order valence-electron chi connectivity index (χ2n) is 4.05. The molecule has 0 aliphatic heterocycles. The minimum Gasteiger partial charge on any atom is -0.482 e. The van der Waals surface area contributed by atoms with Crippen LogP contribution in [0.3, 0.4) is 0 Å². The molecule has 20 heavy (non-hydrogen) atoms. The van der Waals surface area contributed by atoms with Gasteiger partial charge in [0, 0.05) is 4.47 Å². The zero-order valence-corrected chi connectivity index (χ0v) is 12.6. The van der Waals surface area contributed by atoms with Gasteiger partial charge < -0.3 is 14.0 Å². The zero-order chi connectivity index (χ0) is 14.5. The highest BCUT2D eigenvalue weighted by molar-refractivity contribution is 9.10. The first-order valence-electron chi connectivity index (χ1n) is 5.92. The molecule has 0 amide bonds. The highest BCUT2D eigenvalue weighted by Gasteiger charge is 2.17. The van der Waals surface area contributed by atoms with E-state index in [-0.39, 0.29) is 12.5 Å². The molecule has 0 fully saturated rings. The Labute approximate surface area is 124 Å². The van der Waals surface area contributed by atoms with Gasteiger partial charge in [0.15, 0.2) is 18.5 Å². The Bertz CT molecular complexity index is 582. The number of ether oxygens (including phenoxy) is 2. The summed E-state index contributed by atoms with van der Waals surface area (Å²) in [4.78, 5) is 15.6. The van der Waals surface area contributed by atoms with E-state index < -0.39 is 12.1 Å². The molecule has 0 saturated carbocycles. The van der Waals surface area contributed by atoms with Crippen LogP contribution < -0.4 is 4.74 Å². The van der Waals surface area contributed by atoms with Gasteiger partial charge in [-0.1, -0.05) is 21.1 Å². The van der Waals surface area contributed by atoms with Crippen molar-refractivity contribution in [1.82, 2.24) is 10.1 Å². The molecule has 1 atom stereocenters. The Morgan fingerprint density at radius 2 is 2.10 bits per heavy atom. The molecule has 6 nitrogen and oxygen atoms in total. The third kappa shape index (κ3) is 4.06. The molecule has 0 saturated heterocycles. The van der Waals surface area contributed by atoms with E-state index in [1.54, 1.807) is 26.0 Å². The highest BCUT2D eigenvalue weighted by atomic mass is 79.9. The van der Waals surface area contributed by atoms with Gasteiger partial charge in [0.05, 0.1) is 0 Å². The van der Waals surface area contributed by atoms with E-state index in [0.717, 1.165) is 4.47 Å². The molecule has 1 aromatic heterocycles. The number of rotatable bonds is 5. The van der Waals surface area contributed by atoms with Crippen LogP contribution in [0.2, 0.25) is 0 Å². The van der Waals surface area contributed by atoms with Crippen molar-refractivity contribution in [3.8, 4) is 5.75 Å². The summed E-state index contributed by atoms with van der Waals surface area (Å²) >= 11 is 3.32. The summed E-state index contributed by atoms with van der Waals surface area (Å²) in [5, 5.41) is 3.63. The van der Waals surface area contributed by atoms with Gasteiger partial charge in [0.1, 0.15) is 5.75 Å². The van der Waals surface area contributed by atoms with Crippen LogP contribution in [0.1, 0.15) is 24.7 Å². The fraction of sp³-hybridized carbons (Fsp3) is 0.308. The average Bonchev–Trinajstić information content (AvgIpc) is 2.85. The molecule has 106 valence electrons. The third-order valence-electron chi connectivity index (χ3n) is 2.37. The van der Waals surface area contributed by atoms with E-state index >= 15 is 0 Å². The number of aryl methyl sites for hydroxylation is 1. The van der Waals surface area contributed by atoms with Crippen molar-refractivity contribution in [1.29, 1.82) is 0 Å². The molecule has 0 aliphatic carbocycles. The largest absolute Gasteiger partial charge is 0.482 e. The van der Waals surface area contributed by atoms with Crippen molar-refractivity contribution in [2.75, 3.05) is 6.61 Å². The van der Waals surface area contributed by atoms with Gasteiger partial charge in [-0.15, -0.1) is 0 Å². The molecule has 0 aliphatic rings. The highest BCUT2D eigenvalue weighted by Crippen LogP contribution is 2.17. The number of hydrogen-bond acceptors (Lipinski definition) is 6. The normalized spacial score (nSPS) is 11.9. The number of nitrogens with zero attached hydrogens (tertiary/aromatic N) is 2. The van der Waals surface area contributed by atoms with Crippen molar-refractivity contribution in [3.63, 3.8) is 0 Å². The number of carbonyl (C=O) groups excluding carboxylic acids is 1. The lowest BCUT2D eigenvalue weighted by molar-refractivity contribution is -0.152. The van der Waals surface area contributed by atoms with E-state index in [9.17, 15) is 4.79 Å². The Kier molecular flexibility index (Phi) is 4.73. The number of benzene rings is 1. The summed E-state index contributed by atoms with van der Waals surface area (Å²) in [6, 6.07) is 7.15. The smallest absolute Gasteiger partial charge is 0.344 e. The van der Waals surface area contributed by atoms with Crippen molar-refractivity contribution in [2.45, 2.75) is 20.0 Å². The van der Waals surface area contributed by atoms with E-state index in [1.165, 1.54) is 0 Å². The molecule has 0 radical (unpaired) electrons. The standard InChI is InChI=1S/C13H13BrN2O4/c1-8(13-15-9(2)16-20-13)19-12(17)7-18-11-5-3-10(14)4-6-11/h3-6,8H,7H2,1-2H3. The number of hydrogen-bond donors (Lipinski definition) is 0. The van der Waals surface area contributed by atoms with Gasteiger partial charge >= 0.3 is 5.97 Å². The molecule has 0 bridgehead atoms. The minimum atomic E-state index is -0.600. The van der Waals surface area contributed by atoms with Crippen LogP contribution in [0.25, 0.3) is 0 Å².